The van der Waals surface area contributed by atoms with E-state index in [1.54, 1.807) is 12.1 Å². The van der Waals surface area contributed by atoms with Crippen LogP contribution in [0.2, 0.25) is 0 Å². The first-order valence-corrected chi connectivity index (χ1v) is 7.32. The molecular weight excluding hydrogens is 276 g/mol. The lowest BCUT2D eigenvalue weighted by Gasteiger charge is -2.17. The topological polar surface area (TPSA) is 49.4 Å². The van der Waals surface area contributed by atoms with Gasteiger partial charge in [0.05, 0.1) is 12.1 Å². The van der Waals surface area contributed by atoms with Crippen molar-refractivity contribution in [2.24, 2.45) is 0 Å². The molecule has 0 bridgehead atoms. The van der Waals surface area contributed by atoms with Crippen molar-refractivity contribution in [2.75, 3.05) is 10.2 Å². The van der Waals surface area contributed by atoms with Crippen molar-refractivity contribution in [3.63, 3.8) is 0 Å². The molecule has 2 amide bonds. The van der Waals surface area contributed by atoms with Crippen LogP contribution in [0.25, 0.3) is 0 Å². The maximum absolute atomic E-state index is 12.5. The number of nitrogens with zero attached hydrogens (tertiary/aromatic N) is 1. The van der Waals surface area contributed by atoms with Gasteiger partial charge in [0.2, 0.25) is 5.91 Å². The number of imide groups is 1. The Kier molecular flexibility index (Phi) is 3.67. The molecule has 3 rings (SSSR count). The maximum Gasteiger partial charge on any atom is 0.256 e. The van der Waals surface area contributed by atoms with Crippen LogP contribution in [0.3, 0.4) is 0 Å². The van der Waals surface area contributed by atoms with Gasteiger partial charge in [0.1, 0.15) is 6.04 Å². The van der Waals surface area contributed by atoms with Gasteiger partial charge in [0, 0.05) is 5.69 Å². The van der Waals surface area contributed by atoms with Crippen molar-refractivity contribution >= 4 is 23.2 Å². The number of hydrogen-bond acceptors (Lipinski definition) is 3. The molecule has 1 heterocycles. The van der Waals surface area contributed by atoms with E-state index >= 15 is 0 Å². The summed E-state index contributed by atoms with van der Waals surface area (Å²) in [5.74, 6) is -0.366. The van der Waals surface area contributed by atoms with E-state index in [1.807, 2.05) is 44.2 Å². The molecule has 1 N–H and O–H groups in total. The fraction of sp³-hybridized carbons (Fsp3) is 0.222. The van der Waals surface area contributed by atoms with E-state index < -0.39 is 6.04 Å². The van der Waals surface area contributed by atoms with Gasteiger partial charge < -0.3 is 5.32 Å². The van der Waals surface area contributed by atoms with E-state index in [-0.39, 0.29) is 18.2 Å². The molecule has 4 nitrogen and oxygen atoms in total. The minimum absolute atomic E-state index is 0.168. The highest BCUT2D eigenvalue weighted by Gasteiger charge is 2.39. The number of carbonyl (C=O) groups is 2. The first-order valence-electron chi connectivity index (χ1n) is 7.32. The fourth-order valence-corrected chi connectivity index (χ4v) is 2.76. The zero-order valence-corrected chi connectivity index (χ0v) is 12.7. The molecule has 0 saturated carbocycles. The minimum Gasteiger partial charge on any atom is -0.373 e. The standard InChI is InChI=1S/C18H18N2O2/c1-12-8-9-15(13(2)10-12)19-16-11-17(21)20(18(16)22)14-6-4-3-5-7-14/h3-10,16,19H,11H2,1-2H3/t16-/m1/s1. The summed E-state index contributed by atoms with van der Waals surface area (Å²) in [7, 11) is 0. The Morgan fingerprint density at radius 1 is 1.05 bits per heavy atom. The third-order valence-electron chi connectivity index (χ3n) is 3.87. The van der Waals surface area contributed by atoms with Crippen LogP contribution in [-0.2, 0) is 9.59 Å². The Labute approximate surface area is 129 Å². The molecule has 112 valence electrons. The lowest BCUT2D eigenvalue weighted by Crippen LogP contribution is -2.34. The number of hydrogen-bond donors (Lipinski definition) is 1. The SMILES string of the molecule is Cc1ccc(N[C@@H]2CC(=O)N(c3ccccc3)C2=O)c(C)c1. The second kappa shape index (κ2) is 5.64. The third-order valence-corrected chi connectivity index (χ3v) is 3.87. The highest BCUT2D eigenvalue weighted by molar-refractivity contribution is 6.23. The Bertz CT molecular complexity index is 725. The molecule has 1 aliphatic heterocycles. The number of benzene rings is 2. The van der Waals surface area contributed by atoms with Crippen molar-refractivity contribution in [2.45, 2.75) is 26.3 Å². The summed E-state index contributed by atoms with van der Waals surface area (Å²) in [6.07, 6.45) is 0.182. The number of rotatable bonds is 3. The fourth-order valence-electron chi connectivity index (χ4n) is 2.76. The Morgan fingerprint density at radius 3 is 2.45 bits per heavy atom. The molecule has 1 saturated heterocycles. The van der Waals surface area contributed by atoms with Crippen molar-refractivity contribution in [1.82, 2.24) is 0 Å². The van der Waals surface area contributed by atoms with Crippen LogP contribution in [0.1, 0.15) is 17.5 Å². The molecule has 22 heavy (non-hydrogen) atoms. The van der Waals surface area contributed by atoms with Crippen LogP contribution >= 0.6 is 0 Å². The van der Waals surface area contributed by atoms with Gasteiger partial charge in [-0.3, -0.25) is 9.59 Å². The third kappa shape index (κ3) is 2.60. The number of para-hydroxylation sites is 1. The summed E-state index contributed by atoms with van der Waals surface area (Å²) in [5.41, 5.74) is 3.76. The highest BCUT2D eigenvalue weighted by Crippen LogP contribution is 2.26. The van der Waals surface area contributed by atoms with Gasteiger partial charge >= 0.3 is 0 Å². The van der Waals surface area contributed by atoms with Crippen LogP contribution < -0.4 is 10.2 Å². The van der Waals surface area contributed by atoms with Crippen LogP contribution in [0, 0.1) is 13.8 Å². The summed E-state index contributed by atoms with van der Waals surface area (Å²) in [4.78, 5) is 26.0. The maximum atomic E-state index is 12.5. The molecule has 4 heteroatoms. The summed E-state index contributed by atoms with van der Waals surface area (Å²) in [6.45, 7) is 4.02. The van der Waals surface area contributed by atoms with Crippen LogP contribution in [-0.4, -0.2) is 17.9 Å². The monoisotopic (exact) mass is 294 g/mol. The molecule has 2 aromatic carbocycles. The molecule has 1 atom stereocenters. The van der Waals surface area contributed by atoms with Gasteiger partial charge in [-0.1, -0.05) is 35.9 Å². The Balaban J connectivity index is 1.82. The highest BCUT2D eigenvalue weighted by atomic mass is 16.2. The van der Waals surface area contributed by atoms with E-state index in [2.05, 4.69) is 11.4 Å². The molecule has 1 aliphatic rings. The predicted octanol–water partition coefficient (Wildman–Crippen LogP) is 3.05. The van der Waals surface area contributed by atoms with Crippen LogP contribution in [0.15, 0.2) is 48.5 Å². The van der Waals surface area contributed by atoms with E-state index in [0.29, 0.717) is 5.69 Å². The summed E-state index contributed by atoms with van der Waals surface area (Å²) in [5, 5.41) is 3.20. The number of carbonyl (C=O) groups excluding carboxylic acids is 2. The summed E-state index contributed by atoms with van der Waals surface area (Å²) in [6, 6.07) is 14.5. The van der Waals surface area contributed by atoms with E-state index in [1.165, 1.54) is 10.5 Å². The number of aryl methyl sites for hydroxylation is 2. The summed E-state index contributed by atoms with van der Waals surface area (Å²) >= 11 is 0. The number of anilines is 2. The first kappa shape index (κ1) is 14.3. The van der Waals surface area contributed by atoms with Crippen molar-refractivity contribution in [3.8, 4) is 0 Å². The average Bonchev–Trinajstić information content (AvgIpc) is 2.77. The second-order valence-corrected chi connectivity index (χ2v) is 5.62. The normalized spacial score (nSPS) is 17.9. The Hall–Kier alpha value is -2.62. The van der Waals surface area contributed by atoms with E-state index in [9.17, 15) is 9.59 Å². The van der Waals surface area contributed by atoms with Crippen molar-refractivity contribution in [1.29, 1.82) is 0 Å². The predicted molar refractivity (Wildman–Crippen MR) is 86.9 cm³/mol. The van der Waals surface area contributed by atoms with E-state index in [4.69, 9.17) is 0 Å². The quantitative estimate of drug-likeness (QED) is 0.885. The molecule has 0 spiro atoms. The van der Waals surface area contributed by atoms with Gasteiger partial charge in [-0.05, 0) is 37.6 Å². The molecule has 0 unspecified atom stereocenters. The molecule has 1 fully saturated rings. The Morgan fingerprint density at radius 2 is 1.77 bits per heavy atom. The minimum atomic E-state index is -0.505. The molecule has 0 aromatic heterocycles. The second-order valence-electron chi connectivity index (χ2n) is 5.62. The smallest absolute Gasteiger partial charge is 0.256 e. The average molecular weight is 294 g/mol. The molecular formula is C18H18N2O2. The number of amides is 2. The number of nitrogens with one attached hydrogen (secondary N) is 1. The van der Waals surface area contributed by atoms with Gasteiger partial charge in [-0.2, -0.15) is 0 Å². The molecule has 0 radical (unpaired) electrons. The van der Waals surface area contributed by atoms with Crippen molar-refractivity contribution in [3.05, 3.63) is 59.7 Å². The van der Waals surface area contributed by atoms with Gasteiger partial charge in [-0.15, -0.1) is 0 Å². The summed E-state index contributed by atoms with van der Waals surface area (Å²) < 4.78 is 0. The largest absolute Gasteiger partial charge is 0.373 e. The van der Waals surface area contributed by atoms with Crippen LogP contribution in [0.5, 0.6) is 0 Å². The first-order chi connectivity index (χ1) is 10.6. The lowest BCUT2D eigenvalue weighted by atomic mass is 10.1. The molecule has 2 aromatic rings. The van der Waals surface area contributed by atoms with Gasteiger partial charge in [0.25, 0.3) is 5.91 Å². The van der Waals surface area contributed by atoms with Crippen molar-refractivity contribution < 1.29 is 9.59 Å². The zero-order valence-electron chi connectivity index (χ0n) is 12.7. The van der Waals surface area contributed by atoms with Crippen LogP contribution in [0.4, 0.5) is 11.4 Å². The van der Waals surface area contributed by atoms with Gasteiger partial charge in [-0.25, -0.2) is 4.90 Å². The van der Waals surface area contributed by atoms with E-state index in [0.717, 1.165) is 11.3 Å². The van der Waals surface area contributed by atoms with Gasteiger partial charge in [0.15, 0.2) is 0 Å². The molecule has 0 aliphatic carbocycles. The lowest BCUT2D eigenvalue weighted by molar-refractivity contribution is -0.121. The zero-order chi connectivity index (χ0) is 15.7.